The van der Waals surface area contributed by atoms with Crippen molar-refractivity contribution < 1.29 is 13.9 Å². The number of carbonyl (C=O) groups is 1. The molecule has 2 saturated heterocycles. The van der Waals surface area contributed by atoms with Crippen LogP contribution in [0.25, 0.3) is 0 Å². The third-order valence-corrected chi connectivity index (χ3v) is 10.9. The Morgan fingerprint density at radius 1 is 0.889 bits per heavy atom. The van der Waals surface area contributed by atoms with E-state index < -0.39 is 6.17 Å². The fourth-order valence-electron chi connectivity index (χ4n) is 8.77. The van der Waals surface area contributed by atoms with Gasteiger partial charge in [-0.3, -0.25) is 4.79 Å². The van der Waals surface area contributed by atoms with E-state index in [9.17, 15) is 9.18 Å². The van der Waals surface area contributed by atoms with Gasteiger partial charge in [-0.25, -0.2) is 4.39 Å². The second-order valence-electron chi connectivity index (χ2n) is 12.9. The predicted octanol–water partition coefficient (Wildman–Crippen LogP) is 5.09. The van der Waals surface area contributed by atoms with Crippen molar-refractivity contribution in [1.82, 2.24) is 15.5 Å². The van der Waals surface area contributed by atoms with E-state index in [0.29, 0.717) is 47.8 Å². The molecular formula is C30H52FN3O2. The minimum Gasteiger partial charge on any atom is -0.381 e. The van der Waals surface area contributed by atoms with Crippen LogP contribution in [0.5, 0.6) is 0 Å². The molecule has 1 amide bonds. The van der Waals surface area contributed by atoms with Crippen LogP contribution >= 0.6 is 0 Å². The van der Waals surface area contributed by atoms with Gasteiger partial charge in [-0.05, 0) is 120 Å². The molecule has 5 unspecified atom stereocenters. The van der Waals surface area contributed by atoms with Gasteiger partial charge in [0.05, 0.1) is 6.10 Å². The van der Waals surface area contributed by atoms with Gasteiger partial charge in [-0.2, -0.15) is 0 Å². The molecule has 5 nitrogen and oxygen atoms in total. The van der Waals surface area contributed by atoms with Crippen molar-refractivity contribution >= 4 is 5.91 Å². The van der Waals surface area contributed by atoms with Gasteiger partial charge in [0.25, 0.3) is 0 Å². The Bertz CT molecular complexity index is 686. The maximum absolute atomic E-state index is 14.0. The van der Waals surface area contributed by atoms with E-state index in [0.717, 1.165) is 58.0 Å². The number of nitrogens with one attached hydrogen (secondary N) is 2. The van der Waals surface area contributed by atoms with Crippen molar-refractivity contribution in [3.05, 3.63) is 0 Å². The molecule has 0 bridgehead atoms. The number of carbonyl (C=O) groups excluding carboxylic acids is 1. The highest BCUT2D eigenvalue weighted by molar-refractivity contribution is 5.79. The molecule has 3 saturated carbocycles. The first-order chi connectivity index (χ1) is 17.6. The van der Waals surface area contributed by atoms with Gasteiger partial charge < -0.3 is 20.3 Å². The van der Waals surface area contributed by atoms with E-state index in [1.54, 1.807) is 0 Å². The summed E-state index contributed by atoms with van der Waals surface area (Å²) in [6, 6.07) is 0.858. The summed E-state index contributed by atoms with van der Waals surface area (Å²) in [7, 11) is 1.84. The van der Waals surface area contributed by atoms with Gasteiger partial charge >= 0.3 is 0 Å². The molecule has 2 aliphatic heterocycles. The number of nitrogens with zero attached hydrogens (tertiary/aromatic N) is 1. The number of methoxy groups -OCH3 is 1. The quantitative estimate of drug-likeness (QED) is 0.506. The van der Waals surface area contributed by atoms with Crippen LogP contribution in [0.4, 0.5) is 4.39 Å². The van der Waals surface area contributed by atoms with Crippen LogP contribution in [0.2, 0.25) is 0 Å². The summed E-state index contributed by atoms with van der Waals surface area (Å²) in [5.41, 5.74) is 0. The average molecular weight is 506 g/mol. The Labute approximate surface area is 219 Å². The van der Waals surface area contributed by atoms with Crippen LogP contribution in [0.15, 0.2) is 0 Å². The van der Waals surface area contributed by atoms with Crippen molar-refractivity contribution in [3.63, 3.8) is 0 Å². The van der Waals surface area contributed by atoms with Crippen LogP contribution in [-0.4, -0.2) is 68.5 Å². The SMILES string of the molecule is COC1CCC(C2CC(C(=O)NCCN3CCCCC3)C3CCCC(C4CCC(F)CC4)C3N2)CC1. The van der Waals surface area contributed by atoms with Crippen LogP contribution < -0.4 is 10.6 Å². The molecule has 0 aromatic carbocycles. The maximum Gasteiger partial charge on any atom is 0.223 e. The van der Waals surface area contributed by atoms with E-state index in [4.69, 9.17) is 4.74 Å². The number of ether oxygens (including phenoxy) is 1. The number of hydrogen-bond acceptors (Lipinski definition) is 4. The zero-order valence-electron chi connectivity index (χ0n) is 22.8. The molecule has 36 heavy (non-hydrogen) atoms. The van der Waals surface area contributed by atoms with E-state index in [1.165, 1.54) is 64.5 Å². The summed E-state index contributed by atoms with van der Waals surface area (Å²) in [4.78, 5) is 16.2. The Morgan fingerprint density at radius 3 is 2.31 bits per heavy atom. The second kappa shape index (κ2) is 12.9. The Kier molecular flexibility index (Phi) is 9.62. The summed E-state index contributed by atoms with van der Waals surface area (Å²) < 4.78 is 19.6. The molecule has 0 aromatic heterocycles. The molecule has 0 spiro atoms. The van der Waals surface area contributed by atoms with Gasteiger partial charge in [-0.1, -0.05) is 12.8 Å². The monoisotopic (exact) mass is 505 g/mol. The van der Waals surface area contributed by atoms with Crippen molar-refractivity contribution in [3.8, 4) is 0 Å². The highest BCUT2D eigenvalue weighted by Crippen LogP contribution is 2.47. The number of rotatable bonds is 7. The van der Waals surface area contributed by atoms with Crippen LogP contribution in [0.1, 0.15) is 96.3 Å². The van der Waals surface area contributed by atoms with Crippen molar-refractivity contribution in [2.24, 2.45) is 29.6 Å². The highest BCUT2D eigenvalue weighted by Gasteiger charge is 2.49. The first kappa shape index (κ1) is 26.9. The number of fused-ring (bicyclic) bond motifs is 1. The Hall–Kier alpha value is -0.720. The largest absolute Gasteiger partial charge is 0.381 e. The van der Waals surface area contributed by atoms with Crippen molar-refractivity contribution in [1.29, 1.82) is 0 Å². The molecule has 0 radical (unpaired) electrons. The minimum atomic E-state index is -0.595. The lowest BCUT2D eigenvalue weighted by Crippen LogP contribution is -2.62. The number of alkyl halides is 1. The molecule has 5 aliphatic rings. The topological polar surface area (TPSA) is 53.6 Å². The lowest BCUT2D eigenvalue weighted by molar-refractivity contribution is -0.131. The van der Waals surface area contributed by atoms with Crippen LogP contribution in [0, 0.1) is 29.6 Å². The van der Waals surface area contributed by atoms with Gasteiger partial charge in [0.2, 0.25) is 5.91 Å². The average Bonchev–Trinajstić information content (AvgIpc) is 2.93. The zero-order chi connectivity index (χ0) is 24.9. The fraction of sp³-hybridized carbons (Fsp3) is 0.967. The molecule has 5 fully saturated rings. The van der Waals surface area contributed by atoms with Crippen LogP contribution in [-0.2, 0) is 9.53 Å². The second-order valence-corrected chi connectivity index (χ2v) is 12.9. The number of piperidine rings is 2. The number of halogens is 1. The molecular weight excluding hydrogens is 453 g/mol. The maximum atomic E-state index is 14.0. The van der Waals surface area contributed by atoms with Gasteiger partial charge in [0.15, 0.2) is 0 Å². The molecule has 0 aromatic rings. The Morgan fingerprint density at radius 2 is 1.58 bits per heavy atom. The van der Waals surface area contributed by atoms with Gasteiger partial charge in [-0.15, -0.1) is 0 Å². The predicted molar refractivity (Wildman–Crippen MR) is 143 cm³/mol. The lowest BCUT2D eigenvalue weighted by Gasteiger charge is -2.53. The van der Waals surface area contributed by atoms with Crippen molar-refractivity contribution in [2.45, 2.75) is 121 Å². The summed E-state index contributed by atoms with van der Waals surface area (Å²) in [6.07, 6.45) is 16.6. The van der Waals surface area contributed by atoms with Crippen molar-refractivity contribution in [2.75, 3.05) is 33.3 Å². The molecule has 5 atom stereocenters. The molecule has 206 valence electrons. The first-order valence-corrected chi connectivity index (χ1v) is 15.6. The first-order valence-electron chi connectivity index (χ1n) is 15.6. The minimum absolute atomic E-state index is 0.128. The van der Waals surface area contributed by atoms with E-state index in [2.05, 4.69) is 15.5 Å². The standard InChI is InChI=1S/C30H52FN3O2/c1-36-24-14-10-22(11-15-24)28-20-27(30(35)32-16-19-34-17-3-2-4-18-34)26-7-5-6-25(29(26)33-28)21-8-12-23(31)13-9-21/h21-29,33H,2-20H2,1H3,(H,32,35). The third-order valence-electron chi connectivity index (χ3n) is 10.9. The third kappa shape index (κ3) is 6.46. The molecule has 3 aliphatic carbocycles. The fourth-order valence-corrected chi connectivity index (χ4v) is 8.77. The zero-order valence-corrected chi connectivity index (χ0v) is 22.8. The molecule has 6 heteroatoms. The summed E-state index contributed by atoms with van der Waals surface area (Å²) in [5, 5.41) is 7.58. The summed E-state index contributed by atoms with van der Waals surface area (Å²) >= 11 is 0. The smallest absolute Gasteiger partial charge is 0.223 e. The van der Waals surface area contributed by atoms with E-state index >= 15 is 0 Å². The van der Waals surface area contributed by atoms with Crippen LogP contribution in [0.3, 0.4) is 0 Å². The summed E-state index contributed by atoms with van der Waals surface area (Å²) in [5.74, 6) is 2.76. The van der Waals surface area contributed by atoms with Gasteiger partial charge in [0.1, 0.15) is 6.17 Å². The number of likely N-dealkylation sites (tertiary alicyclic amines) is 1. The van der Waals surface area contributed by atoms with E-state index in [1.807, 2.05) is 7.11 Å². The molecule has 5 rings (SSSR count). The van der Waals surface area contributed by atoms with E-state index in [-0.39, 0.29) is 5.92 Å². The lowest BCUT2D eigenvalue weighted by atomic mass is 9.60. The highest BCUT2D eigenvalue weighted by atomic mass is 19.1. The summed E-state index contributed by atoms with van der Waals surface area (Å²) in [6.45, 7) is 4.14. The molecule has 2 N–H and O–H groups in total. The van der Waals surface area contributed by atoms with Gasteiger partial charge in [0, 0.05) is 38.2 Å². The number of amides is 1. The molecule has 2 heterocycles. The normalized spacial score (nSPS) is 42.4. The Balaban J connectivity index is 1.26. The number of hydrogen-bond donors (Lipinski definition) is 2.